The Kier molecular flexibility index (Phi) is 5.72. The van der Waals surface area contributed by atoms with Crippen molar-refractivity contribution in [3.05, 3.63) is 89.0 Å². The smallest absolute Gasteiger partial charge is 0.260 e. The van der Waals surface area contributed by atoms with Crippen LogP contribution in [0.25, 0.3) is 17.1 Å². The standard InChI is InChI=1S/C22H19ClN6O2/c1-13(18(31-2)12-14-5-3-6-15(23)11-14)26-22-27-17-8-4-7-16(19(17)28-22)20(30)29-21-24-9-10-25-21/h3-12H,1H2,2H3,(H2,26,27,28)(H2,24,25,29,30)/b18-12-. The Hall–Kier alpha value is -4.04. The molecule has 0 bridgehead atoms. The number of amides is 1. The highest BCUT2D eigenvalue weighted by Gasteiger charge is 2.15. The van der Waals surface area contributed by atoms with E-state index >= 15 is 0 Å². The Morgan fingerprint density at radius 2 is 2.03 bits per heavy atom. The molecule has 0 atom stereocenters. The van der Waals surface area contributed by atoms with E-state index in [9.17, 15) is 4.79 Å². The van der Waals surface area contributed by atoms with Crippen molar-refractivity contribution in [2.24, 2.45) is 0 Å². The molecule has 9 heteroatoms. The molecule has 0 radical (unpaired) electrons. The molecule has 0 unspecified atom stereocenters. The van der Waals surface area contributed by atoms with Crippen molar-refractivity contribution in [1.82, 2.24) is 19.9 Å². The van der Waals surface area contributed by atoms with Gasteiger partial charge in [0.05, 0.1) is 23.9 Å². The maximum absolute atomic E-state index is 12.6. The molecular formula is C22H19ClN6O2. The van der Waals surface area contributed by atoms with Crippen molar-refractivity contribution in [3.63, 3.8) is 0 Å². The summed E-state index contributed by atoms with van der Waals surface area (Å²) in [4.78, 5) is 27.1. The Morgan fingerprint density at radius 3 is 2.77 bits per heavy atom. The van der Waals surface area contributed by atoms with E-state index in [0.717, 1.165) is 5.56 Å². The maximum Gasteiger partial charge on any atom is 0.260 e. The Bertz CT molecular complexity index is 1280. The molecule has 0 aliphatic heterocycles. The fourth-order valence-electron chi connectivity index (χ4n) is 3.00. The van der Waals surface area contributed by atoms with Gasteiger partial charge in [0.2, 0.25) is 11.9 Å². The van der Waals surface area contributed by atoms with Crippen LogP contribution in [0.3, 0.4) is 0 Å². The summed E-state index contributed by atoms with van der Waals surface area (Å²) in [7, 11) is 1.55. The van der Waals surface area contributed by atoms with Gasteiger partial charge in [-0.25, -0.2) is 9.97 Å². The van der Waals surface area contributed by atoms with Gasteiger partial charge in [-0.3, -0.25) is 10.1 Å². The van der Waals surface area contributed by atoms with Crippen LogP contribution in [-0.4, -0.2) is 33.0 Å². The van der Waals surface area contributed by atoms with E-state index in [1.54, 1.807) is 37.7 Å². The van der Waals surface area contributed by atoms with Crippen molar-refractivity contribution in [1.29, 1.82) is 0 Å². The summed E-state index contributed by atoms with van der Waals surface area (Å²) >= 11 is 6.05. The van der Waals surface area contributed by atoms with Gasteiger partial charge in [-0.2, -0.15) is 0 Å². The van der Waals surface area contributed by atoms with E-state index in [2.05, 4.69) is 37.1 Å². The van der Waals surface area contributed by atoms with Crippen molar-refractivity contribution >= 4 is 46.5 Å². The van der Waals surface area contributed by atoms with Gasteiger partial charge in [0.15, 0.2) is 0 Å². The van der Waals surface area contributed by atoms with E-state index in [1.165, 1.54) is 0 Å². The minimum absolute atomic E-state index is 0.323. The third-order valence-corrected chi connectivity index (χ3v) is 4.66. The summed E-state index contributed by atoms with van der Waals surface area (Å²) in [5.41, 5.74) is 2.97. The number of halogens is 1. The second-order valence-corrected chi connectivity index (χ2v) is 6.99. The second-order valence-electron chi connectivity index (χ2n) is 6.55. The lowest BCUT2D eigenvalue weighted by atomic mass is 10.2. The number of methoxy groups -OCH3 is 1. The van der Waals surface area contributed by atoms with Crippen molar-refractivity contribution in [2.45, 2.75) is 0 Å². The number of anilines is 2. The number of fused-ring (bicyclic) bond motifs is 1. The number of nitrogens with one attached hydrogen (secondary N) is 4. The number of aromatic nitrogens is 4. The number of carbonyl (C=O) groups excluding carboxylic acids is 1. The van der Waals surface area contributed by atoms with Gasteiger partial charge in [-0.05, 0) is 35.9 Å². The molecule has 0 saturated heterocycles. The SMILES string of the molecule is C=C(Nc1nc2c(C(=O)Nc3ncc[nH]3)cccc2[nH]1)/C(=C/c1cccc(Cl)c1)OC. The number of para-hydroxylation sites is 1. The van der Waals surface area contributed by atoms with Crippen molar-refractivity contribution < 1.29 is 9.53 Å². The predicted molar refractivity (Wildman–Crippen MR) is 122 cm³/mol. The van der Waals surface area contributed by atoms with Gasteiger partial charge < -0.3 is 20.0 Å². The second kappa shape index (κ2) is 8.76. The molecule has 8 nitrogen and oxygen atoms in total. The summed E-state index contributed by atoms with van der Waals surface area (Å²) in [5, 5.41) is 6.42. The molecule has 0 spiro atoms. The number of rotatable bonds is 7. The van der Waals surface area contributed by atoms with Crippen LogP contribution in [0.15, 0.2) is 72.9 Å². The lowest BCUT2D eigenvalue weighted by Crippen LogP contribution is -2.13. The van der Waals surface area contributed by atoms with Gasteiger partial charge in [0, 0.05) is 17.4 Å². The molecule has 0 fully saturated rings. The average molecular weight is 435 g/mol. The molecule has 0 aliphatic carbocycles. The van der Waals surface area contributed by atoms with Crippen LogP contribution >= 0.6 is 11.6 Å². The van der Waals surface area contributed by atoms with Crippen LogP contribution < -0.4 is 10.6 Å². The fraction of sp³-hybridized carbons (Fsp3) is 0.0455. The molecule has 156 valence electrons. The van der Waals surface area contributed by atoms with Crippen LogP contribution in [0.5, 0.6) is 0 Å². The highest BCUT2D eigenvalue weighted by atomic mass is 35.5. The largest absolute Gasteiger partial charge is 0.495 e. The van der Waals surface area contributed by atoms with Crippen LogP contribution in [0.1, 0.15) is 15.9 Å². The highest BCUT2D eigenvalue weighted by molar-refractivity contribution is 6.30. The number of aromatic amines is 2. The number of hydrogen-bond donors (Lipinski definition) is 4. The van der Waals surface area contributed by atoms with Crippen molar-refractivity contribution in [2.75, 3.05) is 17.7 Å². The maximum atomic E-state index is 12.6. The number of carbonyl (C=O) groups is 1. The van der Waals surface area contributed by atoms with E-state index < -0.39 is 0 Å². The van der Waals surface area contributed by atoms with Crippen LogP contribution in [0.4, 0.5) is 11.9 Å². The zero-order valence-corrected chi connectivity index (χ0v) is 17.3. The van der Waals surface area contributed by atoms with E-state index in [-0.39, 0.29) is 5.91 Å². The molecular weight excluding hydrogens is 416 g/mol. The predicted octanol–water partition coefficient (Wildman–Crippen LogP) is 4.80. The van der Waals surface area contributed by atoms with Gasteiger partial charge in [0.1, 0.15) is 11.3 Å². The Balaban J connectivity index is 1.57. The highest BCUT2D eigenvalue weighted by Crippen LogP contribution is 2.23. The molecule has 31 heavy (non-hydrogen) atoms. The third kappa shape index (κ3) is 4.59. The topological polar surface area (TPSA) is 108 Å². The molecule has 2 aromatic carbocycles. The third-order valence-electron chi connectivity index (χ3n) is 4.42. The number of benzene rings is 2. The van der Waals surface area contributed by atoms with Gasteiger partial charge >= 0.3 is 0 Å². The van der Waals surface area contributed by atoms with Gasteiger partial charge in [-0.1, -0.05) is 36.4 Å². The first kappa shape index (κ1) is 20.2. The first-order valence-corrected chi connectivity index (χ1v) is 9.68. The quantitative estimate of drug-likeness (QED) is 0.247. The summed E-state index contributed by atoms with van der Waals surface area (Å²) in [6.07, 6.45) is 5.00. The lowest BCUT2D eigenvalue weighted by Gasteiger charge is -2.10. The normalized spacial score (nSPS) is 11.4. The Labute approximate surface area is 183 Å². The summed E-state index contributed by atoms with van der Waals surface area (Å²) in [6, 6.07) is 12.7. The average Bonchev–Trinajstić information content (AvgIpc) is 3.40. The van der Waals surface area contributed by atoms with E-state index in [0.29, 0.717) is 45.0 Å². The molecule has 4 N–H and O–H groups in total. The molecule has 2 aromatic heterocycles. The summed E-state index contributed by atoms with van der Waals surface area (Å²) < 4.78 is 5.46. The lowest BCUT2D eigenvalue weighted by molar-refractivity contribution is 0.102. The molecule has 0 saturated carbocycles. The van der Waals surface area contributed by atoms with Crippen LogP contribution in [0, 0.1) is 0 Å². The number of ether oxygens (including phenoxy) is 1. The van der Waals surface area contributed by atoms with Crippen LogP contribution in [0.2, 0.25) is 5.02 Å². The molecule has 4 rings (SSSR count). The zero-order valence-electron chi connectivity index (χ0n) is 16.6. The Morgan fingerprint density at radius 1 is 1.19 bits per heavy atom. The molecule has 0 aliphatic rings. The molecule has 4 aromatic rings. The number of hydrogen-bond acceptors (Lipinski definition) is 5. The zero-order chi connectivity index (χ0) is 21.8. The number of H-pyrrole nitrogens is 2. The van der Waals surface area contributed by atoms with Gasteiger partial charge in [-0.15, -0.1) is 0 Å². The first-order chi connectivity index (χ1) is 15.0. The molecule has 2 heterocycles. The fourth-order valence-corrected chi connectivity index (χ4v) is 3.20. The minimum Gasteiger partial charge on any atom is -0.495 e. The monoisotopic (exact) mass is 434 g/mol. The van der Waals surface area contributed by atoms with Gasteiger partial charge in [0.25, 0.3) is 5.91 Å². The molecule has 1 amide bonds. The number of imidazole rings is 2. The van der Waals surface area contributed by atoms with E-state index in [1.807, 2.05) is 30.3 Å². The number of nitrogens with zero attached hydrogens (tertiary/aromatic N) is 2. The van der Waals surface area contributed by atoms with Crippen molar-refractivity contribution in [3.8, 4) is 0 Å². The summed E-state index contributed by atoms with van der Waals surface area (Å²) in [6.45, 7) is 4.03. The van der Waals surface area contributed by atoms with Crippen LogP contribution in [-0.2, 0) is 4.74 Å². The minimum atomic E-state index is -0.323. The first-order valence-electron chi connectivity index (χ1n) is 9.30. The van der Waals surface area contributed by atoms with E-state index in [4.69, 9.17) is 16.3 Å². The summed E-state index contributed by atoms with van der Waals surface area (Å²) in [5.74, 6) is 0.974.